The molecule has 1 aliphatic carbocycles. The van der Waals surface area contributed by atoms with Gasteiger partial charge in [-0.25, -0.2) is 0 Å². The Morgan fingerprint density at radius 2 is 1.57 bits per heavy atom. The number of hydrogen-bond acceptors (Lipinski definition) is 6. The van der Waals surface area contributed by atoms with E-state index in [0.29, 0.717) is 0 Å². The van der Waals surface area contributed by atoms with Crippen LogP contribution in [0.5, 0.6) is 0 Å². The van der Waals surface area contributed by atoms with Crippen molar-refractivity contribution < 1.29 is 28.6 Å². The minimum absolute atomic E-state index is 0.00765. The summed E-state index contributed by atoms with van der Waals surface area (Å²) in [6, 6.07) is 0. The molecule has 21 heavy (non-hydrogen) atoms. The number of rotatable bonds is 3. The van der Waals surface area contributed by atoms with E-state index in [0.717, 1.165) is 36.3 Å². The highest BCUT2D eigenvalue weighted by molar-refractivity contribution is 6.14. The first-order valence-corrected chi connectivity index (χ1v) is 6.91. The van der Waals surface area contributed by atoms with Crippen LogP contribution in [0.2, 0.25) is 0 Å². The topological polar surface area (TPSA) is 94.2 Å². The van der Waals surface area contributed by atoms with Crippen LogP contribution in [-0.2, 0) is 28.6 Å². The number of carbonyl (C=O) groups excluding carboxylic acids is 3. The van der Waals surface area contributed by atoms with Gasteiger partial charge in [0.2, 0.25) is 5.91 Å². The maximum atomic E-state index is 12.0. The summed E-state index contributed by atoms with van der Waals surface area (Å²) in [6.45, 7) is -0.386. The van der Waals surface area contributed by atoms with Crippen molar-refractivity contribution >= 4 is 17.7 Å². The molecule has 1 saturated carbocycles. The summed E-state index contributed by atoms with van der Waals surface area (Å²) in [4.78, 5) is 35.8. The number of nitrogens with one attached hydrogen (secondary N) is 1. The predicted molar refractivity (Wildman–Crippen MR) is 65.2 cm³/mol. The van der Waals surface area contributed by atoms with Crippen LogP contribution in [0, 0.1) is 0 Å². The molecule has 5 rings (SSSR count). The fourth-order valence-corrected chi connectivity index (χ4v) is 3.23. The number of hydrogen-bond donors (Lipinski definition) is 1. The van der Waals surface area contributed by atoms with Crippen molar-refractivity contribution in [3.05, 3.63) is 12.2 Å². The number of imide groups is 1. The molecule has 1 N–H and O–H groups in total. The van der Waals surface area contributed by atoms with Gasteiger partial charge in [0.15, 0.2) is 0 Å². The van der Waals surface area contributed by atoms with Gasteiger partial charge in [0, 0.05) is 31.4 Å². The summed E-state index contributed by atoms with van der Waals surface area (Å²) in [5.74, 6) is -1.59. The monoisotopic (exact) mass is 294 g/mol. The summed E-state index contributed by atoms with van der Waals surface area (Å²) in [6.07, 6.45) is 3.10. The van der Waals surface area contributed by atoms with Crippen LogP contribution in [0.25, 0.3) is 0 Å². The smallest absolute Gasteiger partial charge is 0.306 e. The second-order valence-corrected chi connectivity index (χ2v) is 5.63. The largest absolute Gasteiger partial charge is 0.377 e. The van der Waals surface area contributed by atoms with E-state index in [4.69, 9.17) is 14.2 Å². The fraction of sp³-hybridized carbons (Fsp3) is 0.615. The van der Waals surface area contributed by atoms with E-state index < -0.39 is 23.8 Å². The van der Waals surface area contributed by atoms with E-state index in [2.05, 4.69) is 5.32 Å². The lowest BCUT2D eigenvalue weighted by atomic mass is 9.90. The highest BCUT2D eigenvalue weighted by atomic mass is 16.9. The molecule has 0 atom stereocenters. The van der Waals surface area contributed by atoms with Gasteiger partial charge in [0.05, 0.1) is 18.3 Å². The molecular weight excluding hydrogens is 280 g/mol. The molecule has 0 aromatic carbocycles. The van der Waals surface area contributed by atoms with Gasteiger partial charge in [-0.3, -0.25) is 24.6 Å². The Labute approximate surface area is 120 Å². The second kappa shape index (κ2) is 4.36. The van der Waals surface area contributed by atoms with Crippen molar-refractivity contribution in [2.24, 2.45) is 0 Å². The first kappa shape index (κ1) is 12.9. The highest BCUT2D eigenvalue weighted by Crippen LogP contribution is 2.43. The molecule has 5 aliphatic rings. The Morgan fingerprint density at radius 1 is 1.10 bits per heavy atom. The van der Waals surface area contributed by atoms with Gasteiger partial charge in [-0.2, -0.15) is 0 Å². The standard InChI is InChI=1S/C13H14N2O6/c16-10(6-15-11(17)1-2-12(15)18)14-13-19-7-3-8(20-13)5-9(4-7)21-13/h1-2,7-9H,3-6H2,(H,14,16). The van der Waals surface area contributed by atoms with Crippen LogP contribution in [-0.4, -0.2) is 53.6 Å². The number of ether oxygens (including phenoxy) is 3. The SMILES string of the molecule is O=C(CN1C(=O)C=CC1=O)NC12OC3CC(CC(C3)O1)O2. The molecule has 0 aromatic heterocycles. The Morgan fingerprint density at radius 3 is 2.05 bits per heavy atom. The molecule has 112 valence electrons. The van der Waals surface area contributed by atoms with Crippen molar-refractivity contribution in [3.63, 3.8) is 0 Å². The quantitative estimate of drug-likeness (QED) is 0.671. The summed E-state index contributed by atoms with van der Waals surface area (Å²) >= 11 is 0. The molecule has 3 amide bonds. The Balaban J connectivity index is 1.43. The molecule has 4 bridgehead atoms. The molecule has 0 aromatic rings. The van der Waals surface area contributed by atoms with E-state index in [9.17, 15) is 14.4 Å². The highest BCUT2D eigenvalue weighted by Gasteiger charge is 2.56. The van der Waals surface area contributed by atoms with Gasteiger partial charge in [-0.15, -0.1) is 0 Å². The molecule has 3 saturated heterocycles. The van der Waals surface area contributed by atoms with Crippen molar-refractivity contribution in [1.29, 1.82) is 0 Å². The zero-order chi connectivity index (χ0) is 14.6. The minimum atomic E-state index is -1.56. The van der Waals surface area contributed by atoms with Crippen LogP contribution in [0.1, 0.15) is 19.3 Å². The zero-order valence-electron chi connectivity index (χ0n) is 11.1. The van der Waals surface area contributed by atoms with Gasteiger partial charge in [0.25, 0.3) is 11.8 Å². The lowest BCUT2D eigenvalue weighted by Gasteiger charge is -2.54. The Hall–Kier alpha value is -1.77. The van der Waals surface area contributed by atoms with Gasteiger partial charge < -0.3 is 14.2 Å². The molecule has 8 nitrogen and oxygen atoms in total. The van der Waals surface area contributed by atoms with Crippen molar-refractivity contribution in [1.82, 2.24) is 10.2 Å². The number of amides is 3. The molecule has 0 radical (unpaired) electrons. The van der Waals surface area contributed by atoms with Crippen molar-refractivity contribution in [2.45, 2.75) is 43.7 Å². The Kier molecular flexibility index (Phi) is 2.69. The maximum absolute atomic E-state index is 12.0. The molecule has 4 fully saturated rings. The van der Waals surface area contributed by atoms with Crippen LogP contribution in [0.4, 0.5) is 0 Å². The second-order valence-electron chi connectivity index (χ2n) is 5.63. The third-order valence-electron chi connectivity index (χ3n) is 4.04. The van der Waals surface area contributed by atoms with Crippen LogP contribution >= 0.6 is 0 Å². The molecule has 8 heteroatoms. The summed E-state index contributed by atoms with van der Waals surface area (Å²) in [7, 11) is 0. The van der Waals surface area contributed by atoms with E-state index >= 15 is 0 Å². The lowest BCUT2D eigenvalue weighted by Crippen LogP contribution is -2.69. The van der Waals surface area contributed by atoms with E-state index in [1.54, 1.807) is 0 Å². The predicted octanol–water partition coefficient (Wildman–Crippen LogP) is -0.994. The lowest BCUT2D eigenvalue weighted by molar-refractivity contribution is -0.501. The summed E-state index contributed by atoms with van der Waals surface area (Å²) in [5.41, 5.74) is 0. The average Bonchev–Trinajstić information content (AvgIpc) is 2.68. The van der Waals surface area contributed by atoms with Crippen molar-refractivity contribution in [2.75, 3.05) is 6.54 Å². The summed E-state index contributed by atoms with van der Waals surface area (Å²) in [5, 5.41) is 2.51. The molecule has 0 unspecified atom stereocenters. The van der Waals surface area contributed by atoms with E-state index in [1.165, 1.54) is 0 Å². The van der Waals surface area contributed by atoms with Crippen LogP contribution < -0.4 is 5.32 Å². The molecule has 4 aliphatic heterocycles. The first-order valence-electron chi connectivity index (χ1n) is 6.91. The van der Waals surface area contributed by atoms with Crippen molar-refractivity contribution in [3.8, 4) is 0 Å². The summed E-state index contributed by atoms with van der Waals surface area (Å²) < 4.78 is 16.9. The van der Waals surface area contributed by atoms with Crippen LogP contribution in [0.15, 0.2) is 12.2 Å². The van der Waals surface area contributed by atoms with Gasteiger partial charge in [0.1, 0.15) is 6.54 Å². The minimum Gasteiger partial charge on any atom is -0.306 e. The van der Waals surface area contributed by atoms with E-state index in [-0.39, 0.29) is 24.9 Å². The molecule has 0 spiro atoms. The van der Waals surface area contributed by atoms with Gasteiger partial charge in [-0.05, 0) is 0 Å². The molecule has 4 heterocycles. The van der Waals surface area contributed by atoms with E-state index in [1.807, 2.05) is 0 Å². The van der Waals surface area contributed by atoms with Gasteiger partial charge >= 0.3 is 6.10 Å². The van der Waals surface area contributed by atoms with Crippen LogP contribution in [0.3, 0.4) is 0 Å². The number of carbonyl (C=O) groups is 3. The third-order valence-corrected chi connectivity index (χ3v) is 4.04. The normalized spacial score (nSPS) is 40.2. The van der Waals surface area contributed by atoms with Gasteiger partial charge in [-0.1, -0.05) is 0 Å². The first-order chi connectivity index (χ1) is 10.0. The average molecular weight is 294 g/mol. The third kappa shape index (κ3) is 2.15. The maximum Gasteiger partial charge on any atom is 0.377 e. The number of nitrogens with zero attached hydrogens (tertiary/aromatic N) is 1. The Bertz CT molecular complexity index is 504. The fourth-order valence-electron chi connectivity index (χ4n) is 3.23. The zero-order valence-corrected chi connectivity index (χ0v) is 11.1. The molecular formula is C13H14N2O6.